The number of aliphatic hydroxyl groups excluding tert-OH is 1. The number of aromatic nitrogens is 5. The zero-order valence-corrected chi connectivity index (χ0v) is 31.6. The van der Waals surface area contributed by atoms with E-state index in [4.69, 9.17) is 14.6 Å². The van der Waals surface area contributed by atoms with E-state index in [0.717, 1.165) is 66.6 Å². The lowest BCUT2D eigenvalue weighted by atomic mass is 9.76. The lowest BCUT2D eigenvalue weighted by Gasteiger charge is -2.33. The number of rotatable bonds is 10. The van der Waals surface area contributed by atoms with Gasteiger partial charge in [-0.05, 0) is 86.3 Å². The van der Waals surface area contributed by atoms with Gasteiger partial charge < -0.3 is 24.8 Å². The second-order valence-electron chi connectivity index (χ2n) is 16.6. The van der Waals surface area contributed by atoms with Crippen LogP contribution >= 0.6 is 0 Å². The van der Waals surface area contributed by atoms with Crippen molar-refractivity contribution in [3.05, 3.63) is 89.2 Å². The highest BCUT2D eigenvalue weighted by molar-refractivity contribution is 5.97. The fourth-order valence-electron chi connectivity index (χ4n) is 8.87. The van der Waals surface area contributed by atoms with Gasteiger partial charge >= 0.3 is 0 Å². The Morgan fingerprint density at radius 1 is 1.04 bits per heavy atom. The van der Waals surface area contributed by atoms with E-state index in [1.807, 2.05) is 54.2 Å². The molecule has 2 aliphatic heterocycles. The van der Waals surface area contributed by atoms with Gasteiger partial charge in [0.05, 0.1) is 24.2 Å². The summed E-state index contributed by atoms with van der Waals surface area (Å²) in [6, 6.07) is 20.3. The molecular formula is C42H50N8O4. The molecule has 3 N–H and O–H groups in total. The molecule has 5 heterocycles. The molecule has 5 atom stereocenters. The third-order valence-electron chi connectivity index (χ3n) is 11.9. The third-order valence-corrected chi connectivity index (χ3v) is 11.9. The number of benzene rings is 2. The van der Waals surface area contributed by atoms with Gasteiger partial charge in [0.2, 0.25) is 11.9 Å². The number of piperidine rings is 1. The fraction of sp³-hybridized carbons (Fsp3) is 0.476. The van der Waals surface area contributed by atoms with Crippen LogP contribution in [-0.2, 0) is 15.6 Å². The zero-order valence-electron chi connectivity index (χ0n) is 31.6. The van der Waals surface area contributed by atoms with Gasteiger partial charge in [-0.2, -0.15) is 5.10 Å². The van der Waals surface area contributed by atoms with Gasteiger partial charge in [-0.3, -0.25) is 14.5 Å². The normalized spacial score (nSPS) is 24.7. The highest BCUT2D eigenvalue weighted by Crippen LogP contribution is 2.65. The van der Waals surface area contributed by atoms with Crippen LogP contribution < -0.4 is 25.0 Å². The summed E-state index contributed by atoms with van der Waals surface area (Å²) in [4.78, 5) is 16.2. The number of nitrogens with zero attached hydrogens (tertiary/aromatic N) is 6. The Morgan fingerprint density at radius 2 is 1.85 bits per heavy atom. The van der Waals surface area contributed by atoms with Crippen LogP contribution in [0.2, 0.25) is 0 Å². The first kappa shape index (κ1) is 34.8. The van der Waals surface area contributed by atoms with Gasteiger partial charge in [0.25, 0.3) is 0 Å². The zero-order chi connectivity index (χ0) is 37.2. The first-order valence-electron chi connectivity index (χ1n) is 19.5. The Bertz CT molecular complexity index is 2200. The molecule has 1 amide bonds. The van der Waals surface area contributed by atoms with Crippen molar-refractivity contribution in [3.63, 3.8) is 0 Å². The van der Waals surface area contributed by atoms with Crippen LogP contribution in [0.1, 0.15) is 87.8 Å². The van der Waals surface area contributed by atoms with Gasteiger partial charge in [0.15, 0.2) is 5.65 Å². The molecule has 3 fully saturated rings. The topological polar surface area (TPSA) is 141 Å². The van der Waals surface area contributed by atoms with Crippen molar-refractivity contribution >= 4 is 23.3 Å². The summed E-state index contributed by atoms with van der Waals surface area (Å²) in [5.74, 6) is 3.29. The number of hydrogen-bond donors (Lipinski definition) is 3. The van der Waals surface area contributed by atoms with E-state index in [1.54, 1.807) is 0 Å². The van der Waals surface area contributed by atoms with Crippen molar-refractivity contribution in [2.45, 2.75) is 95.2 Å². The maximum atomic E-state index is 13.9. The summed E-state index contributed by atoms with van der Waals surface area (Å²) in [5, 5.41) is 30.0. The molecule has 0 bridgehead atoms. The highest BCUT2D eigenvalue weighted by atomic mass is 16.5. The van der Waals surface area contributed by atoms with Gasteiger partial charge in [-0.25, -0.2) is 4.68 Å². The molecule has 5 aromatic rings. The Hall–Kier alpha value is -4.94. The van der Waals surface area contributed by atoms with Crippen molar-refractivity contribution < 1.29 is 19.4 Å². The minimum absolute atomic E-state index is 0.0378. The molecule has 3 aromatic heterocycles. The molecule has 2 aliphatic carbocycles. The maximum absolute atomic E-state index is 13.9. The van der Waals surface area contributed by atoms with Gasteiger partial charge in [-0.15, -0.1) is 10.2 Å². The van der Waals surface area contributed by atoms with Crippen molar-refractivity contribution in [3.8, 4) is 17.2 Å². The molecule has 1 spiro atoms. The van der Waals surface area contributed by atoms with E-state index in [9.17, 15) is 9.90 Å². The quantitative estimate of drug-likeness (QED) is 0.147. The van der Waals surface area contributed by atoms with Crippen LogP contribution in [0.3, 0.4) is 0 Å². The minimum Gasteiger partial charge on any atom is -0.491 e. The van der Waals surface area contributed by atoms with Crippen molar-refractivity contribution in [1.29, 1.82) is 0 Å². The average Bonchev–Trinajstić information content (AvgIpc) is 4.02. The van der Waals surface area contributed by atoms with Gasteiger partial charge in [0, 0.05) is 42.1 Å². The first-order valence-corrected chi connectivity index (χ1v) is 19.5. The number of carbonyl (C=O) groups is 1. The number of hydrogen-bond acceptors (Lipinski definition) is 9. The smallest absolute Gasteiger partial charge is 0.244 e. The van der Waals surface area contributed by atoms with Crippen LogP contribution in [0.25, 0.3) is 11.3 Å². The molecule has 2 aromatic carbocycles. The number of aryl methyl sites for hydroxylation is 1. The Balaban J connectivity index is 0.909. The Morgan fingerprint density at radius 3 is 2.67 bits per heavy atom. The second kappa shape index (κ2) is 13.4. The lowest BCUT2D eigenvalue weighted by Crippen LogP contribution is -2.31. The number of pyridine rings is 1. The second-order valence-corrected chi connectivity index (χ2v) is 16.6. The van der Waals surface area contributed by atoms with Gasteiger partial charge in [0.1, 0.15) is 36.1 Å². The third kappa shape index (κ3) is 6.28. The number of ether oxygens (including phenoxy) is 2. The molecule has 282 valence electrons. The standard InChI is InChI=1S/C42H50N8O4/c1-26-12-13-27(53-21-20-51)22-32(26)50-36(23-34(47-50)41(2,3)4)43-39(52)38-37(44-38)31-24-42(31)17-16-33(29-10-6-7-11-30(29)42)54-28-14-15-35-45-46-40(49(35)25-28)48-18-8-5-9-19-48/h6-7,10-15,22-23,25,31,33,37-38,44,51H,5,8-9,16-21,24H2,1-4H3,(H,43,52)/t31-,33-,37?,38?,42+/m1/s1. The average molecular weight is 731 g/mol. The summed E-state index contributed by atoms with van der Waals surface area (Å²) in [7, 11) is 0. The number of fused-ring (bicyclic) bond motifs is 3. The lowest BCUT2D eigenvalue weighted by molar-refractivity contribution is -0.115. The van der Waals surface area contributed by atoms with E-state index in [-0.39, 0.29) is 48.1 Å². The Labute approximate surface area is 315 Å². The van der Waals surface area contributed by atoms with Crippen molar-refractivity contribution in [2.75, 3.05) is 36.5 Å². The van der Waals surface area contributed by atoms with Crippen LogP contribution in [0.15, 0.2) is 66.9 Å². The van der Waals surface area contributed by atoms with Crippen molar-refractivity contribution in [1.82, 2.24) is 29.7 Å². The van der Waals surface area contributed by atoms with E-state index < -0.39 is 0 Å². The summed E-state index contributed by atoms with van der Waals surface area (Å²) in [6.07, 6.45) is 8.58. The molecule has 12 nitrogen and oxygen atoms in total. The number of nitrogens with one attached hydrogen (secondary N) is 2. The van der Waals surface area contributed by atoms with E-state index in [1.165, 1.54) is 30.4 Å². The molecule has 1 saturated carbocycles. The fourth-order valence-corrected chi connectivity index (χ4v) is 8.87. The molecule has 2 unspecified atom stereocenters. The van der Waals surface area contributed by atoms with E-state index in [0.29, 0.717) is 17.5 Å². The molecule has 9 rings (SSSR count). The Kier molecular flexibility index (Phi) is 8.65. The SMILES string of the molecule is Cc1ccc(OCCO)cc1-n1nc(C(C)(C)C)cc1NC(=O)C1NC1[C@H]1C[C@]12CC[C@@H](Oc1ccc3nnc(N4CCCCC4)n3c1)c1ccccc12. The largest absolute Gasteiger partial charge is 0.491 e. The molecule has 0 radical (unpaired) electrons. The van der Waals surface area contributed by atoms with Crippen molar-refractivity contribution in [2.24, 2.45) is 5.92 Å². The number of amides is 1. The molecule has 2 saturated heterocycles. The number of carbonyl (C=O) groups excluding carboxylic acids is 1. The summed E-state index contributed by atoms with van der Waals surface area (Å²) < 4.78 is 16.4. The predicted octanol–water partition coefficient (Wildman–Crippen LogP) is 6.03. The van der Waals surface area contributed by atoms with Crippen LogP contribution in [0, 0.1) is 12.8 Å². The summed E-state index contributed by atoms with van der Waals surface area (Å²) >= 11 is 0. The van der Waals surface area contributed by atoms with E-state index in [2.05, 4.69) is 75.2 Å². The molecule has 54 heavy (non-hydrogen) atoms. The molecule has 4 aliphatic rings. The monoisotopic (exact) mass is 730 g/mol. The van der Waals surface area contributed by atoms with Crippen LogP contribution in [0.5, 0.6) is 11.5 Å². The number of aliphatic hydroxyl groups is 1. The summed E-state index contributed by atoms with van der Waals surface area (Å²) in [6.45, 7) is 10.5. The minimum atomic E-state index is -0.276. The van der Waals surface area contributed by atoms with Gasteiger partial charge in [-0.1, -0.05) is 51.1 Å². The molecule has 12 heteroatoms. The molecular weight excluding hydrogens is 681 g/mol. The van der Waals surface area contributed by atoms with Crippen LogP contribution in [0.4, 0.5) is 11.8 Å². The summed E-state index contributed by atoms with van der Waals surface area (Å²) in [5.41, 5.74) is 5.92. The van der Waals surface area contributed by atoms with E-state index >= 15 is 0 Å². The first-order chi connectivity index (χ1) is 26.1. The highest BCUT2D eigenvalue weighted by Gasteiger charge is 2.66. The predicted molar refractivity (Wildman–Crippen MR) is 207 cm³/mol. The van der Waals surface area contributed by atoms with Crippen LogP contribution in [-0.4, -0.2) is 73.8 Å². The number of anilines is 2. The maximum Gasteiger partial charge on any atom is 0.244 e.